The lowest BCUT2D eigenvalue weighted by atomic mass is 10.0. The Morgan fingerprint density at radius 1 is 1.03 bits per heavy atom. The number of hydrogen-bond acceptors (Lipinski definition) is 5. The van der Waals surface area contributed by atoms with Gasteiger partial charge in [0.25, 0.3) is 0 Å². The maximum absolute atomic E-state index is 12.9. The number of benzene rings is 2. The Bertz CT molecular complexity index is 956. The van der Waals surface area contributed by atoms with Gasteiger partial charge in [0, 0.05) is 23.1 Å². The SMILES string of the molecule is CCCN(CCC)Cc1c(O)ccc2oc(-c3ccccc3)c(C(=O)OCC)c12. The lowest BCUT2D eigenvalue weighted by molar-refractivity contribution is 0.0528. The van der Waals surface area contributed by atoms with Crippen molar-refractivity contribution in [3.05, 3.63) is 53.6 Å². The Hall–Kier alpha value is -2.79. The van der Waals surface area contributed by atoms with Crippen molar-refractivity contribution in [3.8, 4) is 17.1 Å². The van der Waals surface area contributed by atoms with E-state index < -0.39 is 5.97 Å². The highest BCUT2D eigenvalue weighted by atomic mass is 16.5. The second-order valence-corrected chi connectivity index (χ2v) is 7.11. The van der Waals surface area contributed by atoms with Crippen LogP contribution in [0.5, 0.6) is 5.75 Å². The molecule has 0 saturated heterocycles. The molecule has 0 saturated carbocycles. The summed E-state index contributed by atoms with van der Waals surface area (Å²) < 4.78 is 11.5. The van der Waals surface area contributed by atoms with E-state index in [1.807, 2.05) is 30.3 Å². The van der Waals surface area contributed by atoms with Gasteiger partial charge >= 0.3 is 5.97 Å². The van der Waals surface area contributed by atoms with Gasteiger partial charge in [-0.15, -0.1) is 0 Å². The number of carbonyl (C=O) groups excluding carboxylic acids is 1. The summed E-state index contributed by atoms with van der Waals surface area (Å²) in [5.41, 5.74) is 2.47. The molecule has 0 unspecified atom stereocenters. The molecule has 0 fully saturated rings. The van der Waals surface area contributed by atoms with Gasteiger partial charge in [0.15, 0.2) is 0 Å². The standard InChI is InChI=1S/C24H29NO4/c1-4-14-25(15-5-2)16-18-19(26)12-13-20-21(18)22(24(27)28-6-3)23(29-20)17-10-8-7-9-11-17/h7-13,26H,4-6,14-16H2,1-3H3. The first kappa shape index (κ1) is 20.9. The number of hydrogen-bond donors (Lipinski definition) is 1. The first-order chi connectivity index (χ1) is 14.1. The molecule has 0 aliphatic carbocycles. The fourth-order valence-corrected chi connectivity index (χ4v) is 3.73. The molecule has 1 heterocycles. The van der Waals surface area contributed by atoms with Crippen LogP contribution in [0.3, 0.4) is 0 Å². The smallest absolute Gasteiger partial charge is 0.342 e. The molecule has 5 heteroatoms. The van der Waals surface area contributed by atoms with Gasteiger partial charge in [0.05, 0.1) is 6.61 Å². The van der Waals surface area contributed by atoms with Crippen molar-refractivity contribution in [3.63, 3.8) is 0 Å². The monoisotopic (exact) mass is 395 g/mol. The molecule has 0 amide bonds. The van der Waals surface area contributed by atoms with Gasteiger partial charge in [-0.05, 0) is 45.0 Å². The maximum Gasteiger partial charge on any atom is 0.342 e. The zero-order chi connectivity index (χ0) is 20.8. The average Bonchev–Trinajstić information content (AvgIpc) is 3.11. The van der Waals surface area contributed by atoms with Gasteiger partial charge in [-0.3, -0.25) is 4.90 Å². The highest BCUT2D eigenvalue weighted by Crippen LogP contribution is 2.39. The molecule has 3 aromatic rings. The summed E-state index contributed by atoms with van der Waals surface area (Å²) in [6.07, 6.45) is 2.03. The van der Waals surface area contributed by atoms with Crippen LogP contribution in [0.4, 0.5) is 0 Å². The number of furan rings is 1. The normalized spacial score (nSPS) is 11.3. The number of phenols is 1. The molecule has 3 rings (SSSR count). The van der Waals surface area contributed by atoms with E-state index in [0.717, 1.165) is 31.5 Å². The van der Waals surface area contributed by atoms with E-state index in [-0.39, 0.29) is 12.4 Å². The molecule has 0 spiro atoms. The van der Waals surface area contributed by atoms with E-state index in [1.54, 1.807) is 19.1 Å². The number of rotatable bonds is 9. The van der Waals surface area contributed by atoms with Crippen LogP contribution in [0.15, 0.2) is 46.9 Å². The summed E-state index contributed by atoms with van der Waals surface area (Å²) >= 11 is 0. The number of aromatic hydroxyl groups is 1. The second-order valence-electron chi connectivity index (χ2n) is 7.11. The molecule has 0 radical (unpaired) electrons. The van der Waals surface area contributed by atoms with Crippen LogP contribution >= 0.6 is 0 Å². The number of carbonyl (C=O) groups is 1. The quantitative estimate of drug-likeness (QED) is 0.478. The molecule has 0 atom stereocenters. The van der Waals surface area contributed by atoms with E-state index in [1.165, 1.54) is 0 Å². The van der Waals surface area contributed by atoms with Gasteiger partial charge in [0.1, 0.15) is 22.7 Å². The van der Waals surface area contributed by atoms with Crippen molar-refractivity contribution < 1.29 is 19.1 Å². The molecule has 1 aromatic heterocycles. The average molecular weight is 395 g/mol. The summed E-state index contributed by atoms with van der Waals surface area (Å²) in [6, 6.07) is 12.9. The third kappa shape index (κ3) is 4.46. The molecule has 1 N–H and O–H groups in total. The number of nitrogens with zero attached hydrogens (tertiary/aromatic N) is 1. The fraction of sp³-hybridized carbons (Fsp3) is 0.375. The topological polar surface area (TPSA) is 62.9 Å². The highest BCUT2D eigenvalue weighted by Gasteiger charge is 2.27. The van der Waals surface area contributed by atoms with Crippen LogP contribution in [0.1, 0.15) is 49.5 Å². The zero-order valence-corrected chi connectivity index (χ0v) is 17.4. The van der Waals surface area contributed by atoms with Crippen LogP contribution in [-0.4, -0.2) is 35.7 Å². The molecular weight excluding hydrogens is 366 g/mol. The van der Waals surface area contributed by atoms with Crippen LogP contribution < -0.4 is 0 Å². The van der Waals surface area contributed by atoms with Crippen molar-refractivity contribution in [1.29, 1.82) is 0 Å². The summed E-state index contributed by atoms with van der Waals surface area (Å²) in [6.45, 7) is 8.71. The summed E-state index contributed by atoms with van der Waals surface area (Å²) in [5.74, 6) is 0.207. The largest absolute Gasteiger partial charge is 0.508 e. The predicted octanol–water partition coefficient (Wildman–Crippen LogP) is 5.60. The Morgan fingerprint density at radius 2 is 1.72 bits per heavy atom. The molecule has 154 valence electrons. The summed E-state index contributed by atoms with van der Waals surface area (Å²) in [5, 5.41) is 11.3. The van der Waals surface area contributed by atoms with E-state index >= 15 is 0 Å². The number of esters is 1. The fourth-order valence-electron chi connectivity index (χ4n) is 3.73. The van der Waals surface area contributed by atoms with Gasteiger partial charge in [-0.1, -0.05) is 44.2 Å². The van der Waals surface area contributed by atoms with Crippen molar-refractivity contribution >= 4 is 16.9 Å². The number of fused-ring (bicyclic) bond motifs is 1. The lowest BCUT2D eigenvalue weighted by Gasteiger charge is -2.22. The first-order valence-electron chi connectivity index (χ1n) is 10.3. The zero-order valence-electron chi connectivity index (χ0n) is 17.4. The molecule has 0 aliphatic heterocycles. The Labute approximate surface area is 171 Å². The van der Waals surface area contributed by atoms with Crippen molar-refractivity contribution in [2.45, 2.75) is 40.2 Å². The summed E-state index contributed by atoms with van der Waals surface area (Å²) in [4.78, 5) is 15.2. The second kappa shape index (κ2) is 9.61. The maximum atomic E-state index is 12.9. The number of phenolic OH excluding ortho intramolecular Hbond substituents is 1. The van der Waals surface area contributed by atoms with E-state index in [4.69, 9.17) is 9.15 Å². The van der Waals surface area contributed by atoms with Crippen LogP contribution in [0.25, 0.3) is 22.3 Å². The third-order valence-corrected chi connectivity index (χ3v) is 4.92. The third-order valence-electron chi connectivity index (χ3n) is 4.92. The van der Waals surface area contributed by atoms with Gasteiger partial charge < -0.3 is 14.3 Å². The first-order valence-corrected chi connectivity index (χ1v) is 10.3. The minimum atomic E-state index is -0.436. The Kier molecular flexibility index (Phi) is 6.94. The number of ether oxygens (including phenoxy) is 1. The Balaban J connectivity index is 2.22. The predicted molar refractivity (Wildman–Crippen MR) is 115 cm³/mol. The molecule has 29 heavy (non-hydrogen) atoms. The molecule has 2 aromatic carbocycles. The van der Waals surface area contributed by atoms with E-state index in [2.05, 4.69) is 18.7 Å². The minimum absolute atomic E-state index is 0.167. The van der Waals surface area contributed by atoms with E-state index in [0.29, 0.717) is 34.4 Å². The summed E-state index contributed by atoms with van der Waals surface area (Å²) in [7, 11) is 0. The Morgan fingerprint density at radius 3 is 2.34 bits per heavy atom. The van der Waals surface area contributed by atoms with E-state index in [9.17, 15) is 9.90 Å². The van der Waals surface area contributed by atoms with Gasteiger partial charge in [-0.25, -0.2) is 4.79 Å². The van der Waals surface area contributed by atoms with Crippen molar-refractivity contribution in [2.75, 3.05) is 19.7 Å². The molecule has 0 bridgehead atoms. The lowest BCUT2D eigenvalue weighted by Crippen LogP contribution is -2.25. The molecule has 0 aliphatic rings. The minimum Gasteiger partial charge on any atom is -0.508 e. The molecular formula is C24H29NO4. The highest BCUT2D eigenvalue weighted by molar-refractivity contribution is 6.10. The van der Waals surface area contributed by atoms with Crippen LogP contribution in [0.2, 0.25) is 0 Å². The van der Waals surface area contributed by atoms with Crippen molar-refractivity contribution in [1.82, 2.24) is 4.90 Å². The van der Waals surface area contributed by atoms with Crippen molar-refractivity contribution in [2.24, 2.45) is 0 Å². The van der Waals surface area contributed by atoms with Crippen LogP contribution in [-0.2, 0) is 11.3 Å². The van der Waals surface area contributed by atoms with Crippen LogP contribution in [0, 0.1) is 0 Å². The van der Waals surface area contributed by atoms with Gasteiger partial charge in [-0.2, -0.15) is 0 Å². The molecule has 5 nitrogen and oxygen atoms in total. The van der Waals surface area contributed by atoms with Gasteiger partial charge in [0.2, 0.25) is 0 Å².